The molecular formula is C11H18N2O2. The summed E-state index contributed by atoms with van der Waals surface area (Å²) < 4.78 is 10.8. The number of aromatic nitrogens is 2. The quantitative estimate of drug-likeness (QED) is 0.714. The standard InChI is InChI=1S/C11H18N2O2/c1-7-5-6-14-8(7)9-12-10(13-15-9)11(2,3)4/h7-8H,5-6H2,1-4H3/t7-,8-/m1/s1. The van der Waals surface area contributed by atoms with Gasteiger partial charge in [-0.05, 0) is 12.3 Å². The highest BCUT2D eigenvalue weighted by Crippen LogP contribution is 2.33. The zero-order valence-corrected chi connectivity index (χ0v) is 9.78. The van der Waals surface area contributed by atoms with Crippen molar-refractivity contribution >= 4 is 0 Å². The summed E-state index contributed by atoms with van der Waals surface area (Å²) in [6.07, 6.45) is 1.06. The van der Waals surface area contributed by atoms with Gasteiger partial charge in [0.1, 0.15) is 6.10 Å². The van der Waals surface area contributed by atoms with E-state index in [4.69, 9.17) is 9.26 Å². The number of rotatable bonds is 1. The maximum Gasteiger partial charge on any atom is 0.256 e. The first kappa shape index (κ1) is 10.6. The Labute approximate surface area is 90.0 Å². The van der Waals surface area contributed by atoms with Crippen LogP contribution < -0.4 is 0 Å². The molecule has 2 heterocycles. The molecule has 0 spiro atoms. The highest BCUT2D eigenvalue weighted by atomic mass is 16.5. The Balaban J connectivity index is 2.20. The predicted octanol–water partition coefficient (Wildman–Crippen LogP) is 2.46. The number of nitrogens with zero attached hydrogens (tertiary/aromatic N) is 2. The summed E-state index contributed by atoms with van der Waals surface area (Å²) in [4.78, 5) is 4.41. The van der Waals surface area contributed by atoms with Gasteiger partial charge in [-0.25, -0.2) is 0 Å². The summed E-state index contributed by atoms with van der Waals surface area (Å²) in [5.41, 5.74) is -0.0659. The van der Waals surface area contributed by atoms with Crippen molar-refractivity contribution in [3.63, 3.8) is 0 Å². The van der Waals surface area contributed by atoms with Crippen LogP contribution in [0.2, 0.25) is 0 Å². The fourth-order valence-electron chi connectivity index (χ4n) is 1.67. The molecule has 4 heteroatoms. The highest BCUT2D eigenvalue weighted by Gasteiger charge is 2.32. The van der Waals surface area contributed by atoms with E-state index in [1.54, 1.807) is 0 Å². The maximum atomic E-state index is 5.58. The molecule has 1 aromatic rings. The van der Waals surface area contributed by atoms with Crippen LogP contribution in [0.4, 0.5) is 0 Å². The summed E-state index contributed by atoms with van der Waals surface area (Å²) in [6, 6.07) is 0. The van der Waals surface area contributed by atoms with Crippen LogP contribution in [0.1, 0.15) is 51.9 Å². The van der Waals surface area contributed by atoms with Crippen molar-refractivity contribution in [2.75, 3.05) is 6.61 Å². The Morgan fingerprint density at radius 2 is 2.07 bits per heavy atom. The third-order valence-corrected chi connectivity index (χ3v) is 2.74. The van der Waals surface area contributed by atoms with E-state index in [0.717, 1.165) is 18.9 Å². The zero-order valence-electron chi connectivity index (χ0n) is 9.78. The van der Waals surface area contributed by atoms with Crippen LogP contribution in [0.25, 0.3) is 0 Å². The van der Waals surface area contributed by atoms with Gasteiger partial charge in [0.25, 0.3) is 5.89 Å². The molecule has 1 aliphatic rings. The smallest absolute Gasteiger partial charge is 0.256 e. The Bertz CT molecular complexity index is 341. The van der Waals surface area contributed by atoms with Crippen molar-refractivity contribution in [3.05, 3.63) is 11.7 Å². The number of hydrogen-bond donors (Lipinski definition) is 0. The average molecular weight is 210 g/mol. The lowest BCUT2D eigenvalue weighted by molar-refractivity contribution is 0.0661. The summed E-state index contributed by atoms with van der Waals surface area (Å²) in [5, 5.41) is 4.00. The lowest BCUT2D eigenvalue weighted by Gasteiger charge is -2.11. The topological polar surface area (TPSA) is 48.2 Å². The van der Waals surface area contributed by atoms with Crippen molar-refractivity contribution in [1.82, 2.24) is 10.1 Å². The highest BCUT2D eigenvalue weighted by molar-refractivity contribution is 5.02. The molecule has 1 aliphatic heterocycles. The van der Waals surface area contributed by atoms with E-state index in [1.165, 1.54) is 0 Å². The monoisotopic (exact) mass is 210 g/mol. The van der Waals surface area contributed by atoms with Crippen molar-refractivity contribution in [2.45, 2.75) is 45.6 Å². The predicted molar refractivity (Wildman–Crippen MR) is 55.5 cm³/mol. The number of hydrogen-bond acceptors (Lipinski definition) is 4. The van der Waals surface area contributed by atoms with Gasteiger partial charge in [0.05, 0.1) is 0 Å². The first-order valence-electron chi connectivity index (χ1n) is 5.44. The first-order valence-corrected chi connectivity index (χ1v) is 5.44. The van der Waals surface area contributed by atoms with E-state index in [2.05, 4.69) is 37.8 Å². The molecule has 0 amide bonds. The summed E-state index contributed by atoms with van der Waals surface area (Å²) in [5.74, 6) is 1.85. The Morgan fingerprint density at radius 3 is 2.53 bits per heavy atom. The molecule has 0 aromatic carbocycles. The molecule has 0 saturated carbocycles. The normalized spacial score (nSPS) is 27.2. The van der Waals surface area contributed by atoms with E-state index in [1.807, 2.05) is 0 Å². The van der Waals surface area contributed by atoms with Crippen LogP contribution in [-0.4, -0.2) is 16.7 Å². The SMILES string of the molecule is C[C@@H]1CCO[C@H]1c1nc(C(C)(C)C)no1. The summed E-state index contributed by atoms with van der Waals surface area (Å²) in [7, 11) is 0. The van der Waals surface area contributed by atoms with E-state index in [-0.39, 0.29) is 11.5 Å². The number of ether oxygens (including phenoxy) is 1. The lowest BCUT2D eigenvalue weighted by atomic mass is 9.96. The fourth-order valence-corrected chi connectivity index (χ4v) is 1.67. The third kappa shape index (κ3) is 2.04. The molecule has 0 unspecified atom stereocenters. The second kappa shape index (κ2) is 3.59. The summed E-state index contributed by atoms with van der Waals surface area (Å²) in [6.45, 7) is 9.15. The first-order chi connectivity index (χ1) is 6.98. The maximum absolute atomic E-state index is 5.58. The van der Waals surface area contributed by atoms with Gasteiger partial charge in [-0.15, -0.1) is 0 Å². The van der Waals surface area contributed by atoms with Crippen LogP contribution in [0.5, 0.6) is 0 Å². The van der Waals surface area contributed by atoms with Crippen LogP contribution in [0, 0.1) is 5.92 Å². The van der Waals surface area contributed by atoms with Gasteiger partial charge in [-0.3, -0.25) is 0 Å². The molecular weight excluding hydrogens is 192 g/mol. The van der Waals surface area contributed by atoms with E-state index in [9.17, 15) is 0 Å². The molecule has 2 rings (SSSR count). The molecule has 0 N–H and O–H groups in total. The van der Waals surface area contributed by atoms with Gasteiger partial charge in [0.15, 0.2) is 5.82 Å². The third-order valence-electron chi connectivity index (χ3n) is 2.74. The van der Waals surface area contributed by atoms with Gasteiger partial charge in [0, 0.05) is 12.0 Å². The second-order valence-electron chi connectivity index (χ2n) is 5.26. The molecule has 2 atom stereocenters. The van der Waals surface area contributed by atoms with E-state index < -0.39 is 0 Å². The molecule has 15 heavy (non-hydrogen) atoms. The minimum Gasteiger partial charge on any atom is -0.368 e. The molecule has 0 bridgehead atoms. The molecule has 84 valence electrons. The van der Waals surface area contributed by atoms with Crippen molar-refractivity contribution in [1.29, 1.82) is 0 Å². The van der Waals surface area contributed by atoms with Gasteiger partial charge < -0.3 is 9.26 Å². The Hall–Kier alpha value is -0.900. The summed E-state index contributed by atoms with van der Waals surface area (Å²) >= 11 is 0. The van der Waals surface area contributed by atoms with Gasteiger partial charge >= 0.3 is 0 Å². The zero-order chi connectivity index (χ0) is 11.1. The minimum atomic E-state index is -0.0659. The van der Waals surface area contributed by atoms with Crippen molar-refractivity contribution in [3.8, 4) is 0 Å². The van der Waals surface area contributed by atoms with E-state index >= 15 is 0 Å². The molecule has 1 fully saturated rings. The largest absolute Gasteiger partial charge is 0.368 e. The fraction of sp³-hybridized carbons (Fsp3) is 0.818. The van der Waals surface area contributed by atoms with Gasteiger partial charge in [0.2, 0.25) is 0 Å². The molecule has 4 nitrogen and oxygen atoms in total. The van der Waals surface area contributed by atoms with Crippen LogP contribution in [-0.2, 0) is 10.2 Å². The molecule has 1 aromatic heterocycles. The molecule has 0 radical (unpaired) electrons. The average Bonchev–Trinajstić information content (AvgIpc) is 2.69. The van der Waals surface area contributed by atoms with Crippen LogP contribution in [0.15, 0.2) is 4.52 Å². The minimum absolute atomic E-state index is 0.00593. The Kier molecular flexibility index (Phi) is 2.54. The Morgan fingerprint density at radius 1 is 1.33 bits per heavy atom. The molecule has 1 saturated heterocycles. The van der Waals surface area contributed by atoms with E-state index in [0.29, 0.717) is 11.8 Å². The second-order valence-corrected chi connectivity index (χ2v) is 5.26. The molecule has 0 aliphatic carbocycles. The van der Waals surface area contributed by atoms with Crippen molar-refractivity contribution < 1.29 is 9.26 Å². The van der Waals surface area contributed by atoms with Crippen LogP contribution >= 0.6 is 0 Å². The lowest BCUT2D eigenvalue weighted by Crippen LogP contribution is -2.14. The van der Waals surface area contributed by atoms with Gasteiger partial charge in [-0.1, -0.05) is 32.9 Å². The van der Waals surface area contributed by atoms with Crippen LogP contribution in [0.3, 0.4) is 0 Å². The van der Waals surface area contributed by atoms with Crippen molar-refractivity contribution in [2.24, 2.45) is 5.92 Å². The van der Waals surface area contributed by atoms with Gasteiger partial charge in [-0.2, -0.15) is 4.98 Å².